The summed E-state index contributed by atoms with van der Waals surface area (Å²) >= 11 is 0. The van der Waals surface area contributed by atoms with E-state index in [9.17, 15) is 0 Å². The third kappa shape index (κ3) is 3.26. The molecule has 0 spiro atoms. The van der Waals surface area contributed by atoms with Gasteiger partial charge in [0.25, 0.3) is 0 Å². The molecule has 3 heterocycles. The van der Waals surface area contributed by atoms with Crippen LogP contribution in [0.4, 0.5) is 5.69 Å². The molecular formula is C17H23N5O2. The summed E-state index contributed by atoms with van der Waals surface area (Å²) in [6, 6.07) is 3.65. The predicted molar refractivity (Wildman–Crippen MR) is 91.7 cm³/mol. The van der Waals surface area contributed by atoms with Crippen molar-refractivity contribution in [3.63, 3.8) is 0 Å². The third-order valence-corrected chi connectivity index (χ3v) is 4.06. The maximum atomic E-state index is 8.64. The first-order chi connectivity index (χ1) is 11.6. The van der Waals surface area contributed by atoms with Crippen LogP contribution in [0, 0.1) is 5.41 Å². The summed E-state index contributed by atoms with van der Waals surface area (Å²) < 4.78 is 13.2. The van der Waals surface area contributed by atoms with Crippen LogP contribution in [-0.4, -0.2) is 39.8 Å². The van der Waals surface area contributed by atoms with E-state index in [4.69, 9.17) is 20.6 Å². The Morgan fingerprint density at radius 3 is 2.79 bits per heavy atom. The second kappa shape index (κ2) is 7.00. The number of hydrogen-bond acceptors (Lipinski definition) is 6. The number of nitrogens with two attached hydrogens (primary N) is 1. The standard InChI is InChI=1S/C17H23N5O2/c1-11(2)22-14(4-8-21-22)16(19)15-13(18)3-7-20-17(15)24-12-5-9-23-10-6-12/h3-4,7-8,11-12,19H,5-6,9-10H2,1-2H3,(H2,18,20). The molecule has 3 N–H and O–H groups in total. The van der Waals surface area contributed by atoms with E-state index in [1.54, 1.807) is 23.1 Å². The topological polar surface area (TPSA) is 99.0 Å². The van der Waals surface area contributed by atoms with E-state index < -0.39 is 0 Å². The molecule has 7 nitrogen and oxygen atoms in total. The number of ether oxygens (including phenoxy) is 2. The molecule has 0 aliphatic carbocycles. The molecule has 128 valence electrons. The van der Waals surface area contributed by atoms with Crippen molar-refractivity contribution in [2.45, 2.75) is 38.8 Å². The fraction of sp³-hybridized carbons (Fsp3) is 0.471. The number of nitrogens with one attached hydrogen (secondary N) is 1. The fourth-order valence-corrected chi connectivity index (χ4v) is 2.80. The quantitative estimate of drug-likeness (QED) is 0.821. The molecule has 0 bridgehead atoms. The Morgan fingerprint density at radius 2 is 2.08 bits per heavy atom. The minimum absolute atomic E-state index is 0.0367. The Kier molecular flexibility index (Phi) is 4.80. The van der Waals surface area contributed by atoms with Gasteiger partial charge in [-0.05, 0) is 26.0 Å². The van der Waals surface area contributed by atoms with Crippen LogP contribution in [0.1, 0.15) is 44.0 Å². The summed E-state index contributed by atoms with van der Waals surface area (Å²) in [5.41, 5.74) is 8.11. The van der Waals surface area contributed by atoms with E-state index >= 15 is 0 Å². The molecule has 1 saturated heterocycles. The van der Waals surface area contributed by atoms with E-state index in [0.29, 0.717) is 36.0 Å². The van der Waals surface area contributed by atoms with Crippen molar-refractivity contribution in [1.29, 1.82) is 5.41 Å². The van der Waals surface area contributed by atoms with Crippen molar-refractivity contribution < 1.29 is 9.47 Å². The lowest BCUT2D eigenvalue weighted by atomic mass is 10.1. The van der Waals surface area contributed by atoms with Gasteiger partial charge in [0.1, 0.15) is 6.10 Å². The molecular weight excluding hydrogens is 306 g/mol. The molecule has 24 heavy (non-hydrogen) atoms. The lowest BCUT2D eigenvalue weighted by Crippen LogP contribution is -2.27. The van der Waals surface area contributed by atoms with Crippen LogP contribution in [0.5, 0.6) is 5.88 Å². The number of rotatable bonds is 5. The van der Waals surface area contributed by atoms with Gasteiger partial charge in [-0.15, -0.1) is 0 Å². The van der Waals surface area contributed by atoms with Gasteiger partial charge in [-0.3, -0.25) is 10.1 Å². The van der Waals surface area contributed by atoms with Gasteiger partial charge >= 0.3 is 0 Å². The first-order valence-corrected chi connectivity index (χ1v) is 8.19. The van der Waals surface area contributed by atoms with Gasteiger partial charge in [-0.1, -0.05) is 0 Å². The monoisotopic (exact) mass is 329 g/mol. The number of pyridine rings is 1. The van der Waals surface area contributed by atoms with Gasteiger partial charge < -0.3 is 15.2 Å². The van der Waals surface area contributed by atoms with E-state index in [2.05, 4.69) is 10.1 Å². The number of nitrogen functional groups attached to an aromatic ring is 1. The minimum Gasteiger partial charge on any atom is -0.474 e. The summed E-state index contributed by atoms with van der Waals surface area (Å²) in [6.07, 6.45) is 4.96. The van der Waals surface area contributed by atoms with Gasteiger partial charge in [0.2, 0.25) is 5.88 Å². The number of aromatic nitrogens is 3. The zero-order chi connectivity index (χ0) is 17.1. The Balaban J connectivity index is 1.94. The smallest absolute Gasteiger partial charge is 0.225 e. The largest absolute Gasteiger partial charge is 0.474 e. The molecule has 0 atom stereocenters. The van der Waals surface area contributed by atoms with Gasteiger partial charge in [0, 0.05) is 37.0 Å². The van der Waals surface area contributed by atoms with Crippen molar-refractivity contribution >= 4 is 11.4 Å². The number of hydrogen-bond donors (Lipinski definition) is 2. The second-order valence-electron chi connectivity index (χ2n) is 6.14. The molecule has 3 rings (SSSR count). The second-order valence-corrected chi connectivity index (χ2v) is 6.14. The molecule has 0 amide bonds. The van der Waals surface area contributed by atoms with Crippen LogP contribution in [-0.2, 0) is 4.74 Å². The van der Waals surface area contributed by atoms with E-state index in [0.717, 1.165) is 12.8 Å². The zero-order valence-electron chi connectivity index (χ0n) is 14.0. The average molecular weight is 329 g/mol. The maximum absolute atomic E-state index is 8.64. The van der Waals surface area contributed by atoms with Crippen molar-refractivity contribution in [2.75, 3.05) is 18.9 Å². The van der Waals surface area contributed by atoms with Crippen molar-refractivity contribution in [1.82, 2.24) is 14.8 Å². The normalized spacial score (nSPS) is 15.6. The highest BCUT2D eigenvalue weighted by Gasteiger charge is 2.23. The number of anilines is 1. The van der Waals surface area contributed by atoms with Crippen LogP contribution in [0.3, 0.4) is 0 Å². The summed E-state index contributed by atoms with van der Waals surface area (Å²) in [6.45, 7) is 5.41. The van der Waals surface area contributed by atoms with Crippen LogP contribution >= 0.6 is 0 Å². The first kappa shape index (κ1) is 16.4. The Labute approximate surface area is 141 Å². The maximum Gasteiger partial charge on any atom is 0.225 e. The van der Waals surface area contributed by atoms with Gasteiger partial charge in [-0.25, -0.2) is 4.98 Å². The molecule has 1 aliphatic heterocycles. The highest BCUT2D eigenvalue weighted by molar-refractivity contribution is 6.14. The lowest BCUT2D eigenvalue weighted by molar-refractivity contribution is 0.0237. The lowest BCUT2D eigenvalue weighted by Gasteiger charge is -2.24. The minimum atomic E-state index is 0.0367. The predicted octanol–water partition coefficient (Wildman–Crippen LogP) is 2.42. The van der Waals surface area contributed by atoms with Crippen molar-refractivity contribution in [3.05, 3.63) is 35.8 Å². The van der Waals surface area contributed by atoms with Crippen LogP contribution < -0.4 is 10.5 Å². The van der Waals surface area contributed by atoms with Crippen LogP contribution in [0.15, 0.2) is 24.5 Å². The molecule has 1 aliphatic rings. The summed E-state index contributed by atoms with van der Waals surface area (Å²) in [5, 5.41) is 12.9. The average Bonchev–Trinajstić information content (AvgIpc) is 3.05. The number of nitrogens with zero attached hydrogens (tertiary/aromatic N) is 3. The molecule has 1 fully saturated rings. The van der Waals surface area contributed by atoms with Gasteiger partial charge in [0.15, 0.2) is 0 Å². The molecule has 0 saturated carbocycles. The molecule has 0 radical (unpaired) electrons. The van der Waals surface area contributed by atoms with Crippen LogP contribution in [0.2, 0.25) is 0 Å². The Morgan fingerprint density at radius 1 is 1.33 bits per heavy atom. The van der Waals surface area contributed by atoms with Gasteiger partial charge in [-0.2, -0.15) is 5.10 Å². The zero-order valence-corrected chi connectivity index (χ0v) is 14.0. The summed E-state index contributed by atoms with van der Waals surface area (Å²) in [4.78, 5) is 4.33. The molecule has 0 aromatic carbocycles. The first-order valence-electron chi connectivity index (χ1n) is 8.19. The Bertz CT molecular complexity index is 720. The molecule has 2 aromatic heterocycles. The highest BCUT2D eigenvalue weighted by atomic mass is 16.5. The van der Waals surface area contributed by atoms with Crippen molar-refractivity contribution in [2.24, 2.45) is 0 Å². The summed E-state index contributed by atoms with van der Waals surface area (Å²) in [7, 11) is 0. The van der Waals surface area contributed by atoms with E-state index in [-0.39, 0.29) is 17.9 Å². The van der Waals surface area contributed by atoms with E-state index in [1.165, 1.54) is 0 Å². The van der Waals surface area contributed by atoms with Gasteiger partial charge in [0.05, 0.1) is 30.2 Å². The van der Waals surface area contributed by atoms with E-state index in [1.807, 2.05) is 19.9 Å². The summed E-state index contributed by atoms with van der Waals surface area (Å²) in [5.74, 6) is 0.406. The molecule has 0 unspecified atom stereocenters. The third-order valence-electron chi connectivity index (χ3n) is 4.06. The SMILES string of the molecule is CC(C)n1nccc1C(=N)c1c(N)ccnc1OC1CCOCC1. The molecule has 7 heteroatoms. The highest BCUT2D eigenvalue weighted by Crippen LogP contribution is 2.28. The fourth-order valence-electron chi connectivity index (χ4n) is 2.80. The van der Waals surface area contributed by atoms with Crippen molar-refractivity contribution in [3.8, 4) is 5.88 Å². The van der Waals surface area contributed by atoms with Crippen LogP contribution in [0.25, 0.3) is 0 Å². The molecule has 2 aromatic rings. The Hall–Kier alpha value is -2.41.